The number of carbonyl (C=O) groups is 1. The van der Waals surface area contributed by atoms with E-state index in [-0.39, 0.29) is 42.5 Å². The summed E-state index contributed by atoms with van der Waals surface area (Å²) < 4.78 is 49.6. The monoisotopic (exact) mass is 337 g/mol. The predicted octanol–water partition coefficient (Wildman–Crippen LogP) is -1.22. The third-order valence-corrected chi connectivity index (χ3v) is 6.57. The predicted molar refractivity (Wildman–Crippen MR) is 71.9 cm³/mol. The van der Waals surface area contributed by atoms with Gasteiger partial charge in [-0.05, 0) is 0 Å². The van der Waals surface area contributed by atoms with Crippen LogP contribution in [0.15, 0.2) is 17.3 Å². The number of sulfone groups is 1. The van der Waals surface area contributed by atoms with E-state index in [1.165, 1.54) is 10.9 Å². The van der Waals surface area contributed by atoms with Crippen molar-refractivity contribution in [2.24, 2.45) is 0 Å². The fourth-order valence-corrected chi connectivity index (χ4v) is 4.72. The molecule has 2 rings (SSSR count). The van der Waals surface area contributed by atoms with Crippen molar-refractivity contribution in [1.82, 2.24) is 14.1 Å². The van der Waals surface area contributed by atoms with E-state index in [0.717, 1.165) is 10.5 Å². The average Bonchev–Trinajstić information content (AvgIpc) is 2.85. The van der Waals surface area contributed by atoms with E-state index in [1.807, 2.05) is 0 Å². The van der Waals surface area contributed by atoms with Crippen LogP contribution < -0.4 is 0 Å². The molecule has 21 heavy (non-hydrogen) atoms. The van der Waals surface area contributed by atoms with Gasteiger partial charge in [0.25, 0.3) is 0 Å². The Balaban J connectivity index is 2.11. The smallest absolute Gasteiger partial charge is 0.305 e. The van der Waals surface area contributed by atoms with Crippen LogP contribution in [0.4, 0.5) is 0 Å². The average molecular weight is 337 g/mol. The van der Waals surface area contributed by atoms with Crippen LogP contribution in [0.5, 0.6) is 0 Å². The summed E-state index contributed by atoms with van der Waals surface area (Å²) >= 11 is 0. The number of nitrogens with zero attached hydrogens (tertiary/aromatic N) is 3. The summed E-state index contributed by atoms with van der Waals surface area (Å²) in [5.41, 5.74) is 0. The summed E-state index contributed by atoms with van der Waals surface area (Å²) in [6.45, 7) is -0.0881. The number of rotatable bonds is 5. The molecule has 0 saturated carbocycles. The number of hydrogen-bond acceptors (Lipinski definition) is 6. The molecule has 2 heterocycles. The minimum absolute atomic E-state index is 0.0628. The van der Waals surface area contributed by atoms with Gasteiger partial charge >= 0.3 is 5.97 Å². The fraction of sp³-hybridized carbons (Fsp3) is 0.600. The van der Waals surface area contributed by atoms with Crippen LogP contribution in [0.3, 0.4) is 0 Å². The quantitative estimate of drug-likeness (QED) is 0.713. The number of carboxylic acids is 1. The lowest BCUT2D eigenvalue weighted by Gasteiger charge is -2.25. The first-order chi connectivity index (χ1) is 9.71. The zero-order valence-corrected chi connectivity index (χ0v) is 12.7. The van der Waals surface area contributed by atoms with Gasteiger partial charge in [0.2, 0.25) is 10.0 Å². The van der Waals surface area contributed by atoms with Gasteiger partial charge in [-0.3, -0.25) is 9.48 Å². The number of aliphatic carboxylic acids is 1. The van der Waals surface area contributed by atoms with Gasteiger partial charge in [-0.25, -0.2) is 16.8 Å². The molecule has 1 aliphatic rings. The second-order valence-electron chi connectivity index (χ2n) is 4.64. The van der Waals surface area contributed by atoms with Crippen molar-refractivity contribution in [1.29, 1.82) is 0 Å². The van der Waals surface area contributed by atoms with E-state index in [0.29, 0.717) is 0 Å². The molecule has 1 N–H and O–H groups in total. The molecule has 0 aromatic carbocycles. The lowest BCUT2D eigenvalue weighted by atomic mass is 10.4. The number of aryl methyl sites for hydroxylation is 1. The fourth-order valence-electron chi connectivity index (χ4n) is 1.90. The molecule has 0 atom stereocenters. The molecular formula is C10H15N3O6S2. The van der Waals surface area contributed by atoms with Gasteiger partial charge in [0.15, 0.2) is 9.84 Å². The molecule has 0 aliphatic carbocycles. The molecule has 1 aliphatic heterocycles. The van der Waals surface area contributed by atoms with Crippen LogP contribution in [-0.4, -0.2) is 66.6 Å². The zero-order chi connectivity index (χ0) is 15.7. The molecule has 0 radical (unpaired) electrons. The molecule has 1 aromatic rings. The first-order valence-electron chi connectivity index (χ1n) is 6.15. The Hall–Kier alpha value is -1.46. The van der Waals surface area contributed by atoms with E-state index in [1.54, 1.807) is 0 Å². The number of aromatic nitrogens is 2. The lowest BCUT2D eigenvalue weighted by Crippen LogP contribution is -2.43. The number of hydrogen-bond donors (Lipinski definition) is 1. The molecule has 9 nitrogen and oxygen atoms in total. The topological polar surface area (TPSA) is 127 Å². The zero-order valence-electron chi connectivity index (χ0n) is 11.0. The van der Waals surface area contributed by atoms with Crippen LogP contribution in [0.25, 0.3) is 0 Å². The van der Waals surface area contributed by atoms with E-state index in [2.05, 4.69) is 5.10 Å². The normalized spacial score (nSPS) is 19.4. The molecule has 1 saturated heterocycles. The summed E-state index contributed by atoms with van der Waals surface area (Å²) in [6.07, 6.45) is 2.23. The van der Waals surface area contributed by atoms with Crippen molar-refractivity contribution in [3.8, 4) is 0 Å². The van der Waals surface area contributed by atoms with E-state index in [9.17, 15) is 21.6 Å². The van der Waals surface area contributed by atoms with E-state index < -0.39 is 25.8 Å². The van der Waals surface area contributed by atoms with Gasteiger partial charge in [0.05, 0.1) is 30.7 Å². The van der Waals surface area contributed by atoms with Crippen LogP contribution in [0, 0.1) is 0 Å². The summed E-state index contributed by atoms with van der Waals surface area (Å²) in [5.74, 6) is -1.39. The highest BCUT2D eigenvalue weighted by atomic mass is 32.2. The Kier molecular flexibility index (Phi) is 4.35. The summed E-state index contributed by atoms with van der Waals surface area (Å²) in [7, 11) is -6.96. The Bertz CT molecular complexity index is 723. The summed E-state index contributed by atoms with van der Waals surface area (Å²) in [5, 5.41) is 12.4. The highest BCUT2D eigenvalue weighted by Crippen LogP contribution is 2.17. The summed E-state index contributed by atoms with van der Waals surface area (Å²) in [4.78, 5) is 10.4. The minimum Gasteiger partial charge on any atom is -0.481 e. The highest BCUT2D eigenvalue weighted by molar-refractivity contribution is 7.92. The number of carboxylic acid groups (broad SMARTS) is 1. The van der Waals surface area contributed by atoms with Crippen LogP contribution in [-0.2, 0) is 31.2 Å². The second-order valence-corrected chi connectivity index (χ2v) is 8.88. The third kappa shape index (κ3) is 3.80. The Morgan fingerprint density at radius 2 is 1.95 bits per heavy atom. The molecule has 0 unspecified atom stereocenters. The molecule has 0 spiro atoms. The molecule has 1 fully saturated rings. The van der Waals surface area contributed by atoms with Crippen LogP contribution >= 0.6 is 0 Å². The van der Waals surface area contributed by atoms with Gasteiger partial charge in [-0.2, -0.15) is 9.40 Å². The molecule has 0 bridgehead atoms. The SMILES string of the molecule is O=C(O)CCn1cc(S(=O)(=O)N2CCS(=O)(=O)CC2)cn1. The van der Waals surface area contributed by atoms with Crippen molar-refractivity contribution in [2.75, 3.05) is 24.6 Å². The van der Waals surface area contributed by atoms with Crippen molar-refractivity contribution in [3.05, 3.63) is 12.4 Å². The van der Waals surface area contributed by atoms with Gasteiger partial charge in [-0.15, -0.1) is 0 Å². The van der Waals surface area contributed by atoms with Crippen LogP contribution in [0.1, 0.15) is 6.42 Å². The molecule has 11 heteroatoms. The summed E-state index contributed by atoms with van der Waals surface area (Å²) in [6, 6.07) is 0. The first-order valence-corrected chi connectivity index (χ1v) is 9.42. The van der Waals surface area contributed by atoms with Crippen molar-refractivity contribution < 1.29 is 26.7 Å². The first kappa shape index (κ1) is 15.9. The molecule has 118 valence electrons. The van der Waals surface area contributed by atoms with Gasteiger partial charge in [0, 0.05) is 19.3 Å². The molecule has 1 aromatic heterocycles. The largest absolute Gasteiger partial charge is 0.481 e. The van der Waals surface area contributed by atoms with Gasteiger partial charge in [0.1, 0.15) is 4.90 Å². The van der Waals surface area contributed by atoms with Crippen molar-refractivity contribution in [3.63, 3.8) is 0 Å². The highest BCUT2D eigenvalue weighted by Gasteiger charge is 2.31. The maximum Gasteiger partial charge on any atom is 0.305 e. The molecular weight excluding hydrogens is 322 g/mol. The van der Waals surface area contributed by atoms with Crippen molar-refractivity contribution in [2.45, 2.75) is 17.9 Å². The van der Waals surface area contributed by atoms with Crippen molar-refractivity contribution >= 4 is 25.8 Å². The standard InChI is InChI=1S/C10H15N3O6S2/c14-10(15)1-2-12-8-9(7-11-12)21(18,19)13-3-5-20(16,17)6-4-13/h7-8H,1-6H2,(H,14,15). The molecule has 0 amide bonds. The van der Waals surface area contributed by atoms with Crippen LogP contribution in [0.2, 0.25) is 0 Å². The van der Waals surface area contributed by atoms with Gasteiger partial charge in [-0.1, -0.05) is 0 Å². The third-order valence-electron chi connectivity index (χ3n) is 3.11. The van der Waals surface area contributed by atoms with E-state index in [4.69, 9.17) is 5.11 Å². The Labute approximate surface area is 122 Å². The second kappa shape index (κ2) is 5.73. The number of sulfonamides is 1. The Morgan fingerprint density at radius 1 is 1.33 bits per heavy atom. The maximum atomic E-state index is 12.3. The van der Waals surface area contributed by atoms with E-state index >= 15 is 0 Å². The van der Waals surface area contributed by atoms with Gasteiger partial charge < -0.3 is 5.11 Å². The maximum absolute atomic E-state index is 12.3. The minimum atomic E-state index is -3.79. The lowest BCUT2D eigenvalue weighted by molar-refractivity contribution is -0.137. The Morgan fingerprint density at radius 3 is 2.52 bits per heavy atom.